The van der Waals surface area contributed by atoms with E-state index in [4.69, 9.17) is 11.6 Å². The van der Waals surface area contributed by atoms with Gasteiger partial charge in [0, 0.05) is 17.6 Å². The second-order valence-corrected chi connectivity index (χ2v) is 7.88. The first-order valence-electron chi connectivity index (χ1n) is 7.40. The van der Waals surface area contributed by atoms with E-state index in [-0.39, 0.29) is 12.1 Å². The van der Waals surface area contributed by atoms with E-state index in [9.17, 15) is 13.5 Å². The summed E-state index contributed by atoms with van der Waals surface area (Å²) in [5.41, 5.74) is 0. The maximum Gasteiger partial charge on any atom is 0.243 e. The van der Waals surface area contributed by atoms with Crippen LogP contribution < -0.4 is 0 Å². The summed E-state index contributed by atoms with van der Waals surface area (Å²) in [5.74, 6) is 0. The zero-order valence-electron chi connectivity index (χ0n) is 12.2. The number of hydrogen-bond donors (Lipinski definition) is 1. The van der Waals surface area contributed by atoms with Crippen LogP contribution in [-0.2, 0) is 10.0 Å². The van der Waals surface area contributed by atoms with Crippen LogP contribution in [0.5, 0.6) is 0 Å². The number of halogens is 1. The van der Waals surface area contributed by atoms with Crippen LogP contribution in [0, 0.1) is 0 Å². The van der Waals surface area contributed by atoms with Crippen LogP contribution in [0.3, 0.4) is 0 Å². The maximum absolute atomic E-state index is 12.3. The first kappa shape index (κ1) is 16.7. The van der Waals surface area contributed by atoms with Crippen molar-refractivity contribution in [2.75, 3.05) is 6.54 Å². The SMILES string of the molecule is CCCC(O)CCCC1CN1S(=O)(=O)c1ccc(Cl)cc1. The van der Waals surface area contributed by atoms with E-state index in [1.807, 2.05) is 6.92 Å². The van der Waals surface area contributed by atoms with Crippen molar-refractivity contribution in [1.82, 2.24) is 4.31 Å². The molecule has 1 aromatic carbocycles. The maximum atomic E-state index is 12.3. The Labute approximate surface area is 131 Å². The molecule has 1 aliphatic rings. The predicted molar refractivity (Wildman–Crippen MR) is 83.9 cm³/mol. The van der Waals surface area contributed by atoms with Crippen LogP contribution in [0.2, 0.25) is 5.02 Å². The van der Waals surface area contributed by atoms with Gasteiger partial charge in [-0.3, -0.25) is 0 Å². The molecule has 1 aliphatic heterocycles. The van der Waals surface area contributed by atoms with Gasteiger partial charge in [0.2, 0.25) is 10.0 Å². The van der Waals surface area contributed by atoms with E-state index >= 15 is 0 Å². The summed E-state index contributed by atoms with van der Waals surface area (Å²) in [7, 11) is -3.38. The molecule has 2 rings (SSSR count). The molecule has 0 saturated carbocycles. The molecular formula is C15H22ClNO3S. The number of rotatable bonds is 8. The van der Waals surface area contributed by atoms with Crippen molar-refractivity contribution in [1.29, 1.82) is 0 Å². The minimum Gasteiger partial charge on any atom is -0.393 e. The molecular weight excluding hydrogens is 310 g/mol. The van der Waals surface area contributed by atoms with E-state index in [1.165, 1.54) is 16.4 Å². The second kappa shape index (κ2) is 7.09. The van der Waals surface area contributed by atoms with Crippen LogP contribution in [0.4, 0.5) is 0 Å². The lowest BCUT2D eigenvalue weighted by Gasteiger charge is -2.09. The predicted octanol–water partition coefficient (Wildman–Crippen LogP) is 3.04. The van der Waals surface area contributed by atoms with E-state index in [0.717, 1.165) is 32.1 Å². The summed E-state index contributed by atoms with van der Waals surface area (Å²) < 4.78 is 26.2. The van der Waals surface area contributed by atoms with Crippen molar-refractivity contribution in [3.05, 3.63) is 29.3 Å². The molecule has 1 saturated heterocycles. The minimum absolute atomic E-state index is 0.0829. The van der Waals surface area contributed by atoms with Crippen molar-refractivity contribution in [3.8, 4) is 0 Å². The third kappa shape index (κ3) is 4.42. The van der Waals surface area contributed by atoms with Gasteiger partial charge < -0.3 is 5.11 Å². The minimum atomic E-state index is -3.38. The van der Waals surface area contributed by atoms with Crippen LogP contribution >= 0.6 is 11.6 Å². The van der Waals surface area contributed by atoms with Gasteiger partial charge >= 0.3 is 0 Å². The molecule has 3 unspecified atom stereocenters. The van der Waals surface area contributed by atoms with Crippen molar-refractivity contribution >= 4 is 21.6 Å². The van der Waals surface area contributed by atoms with Crippen LogP contribution in [0.1, 0.15) is 39.0 Å². The molecule has 21 heavy (non-hydrogen) atoms. The molecule has 0 spiro atoms. The summed E-state index contributed by atoms with van der Waals surface area (Å²) >= 11 is 5.78. The average Bonchev–Trinajstić information content (AvgIpc) is 3.20. The summed E-state index contributed by atoms with van der Waals surface area (Å²) in [6, 6.07) is 6.34. The van der Waals surface area contributed by atoms with Gasteiger partial charge in [0.05, 0.1) is 11.0 Å². The first-order valence-corrected chi connectivity index (χ1v) is 9.22. The van der Waals surface area contributed by atoms with Crippen LogP contribution in [0.15, 0.2) is 29.2 Å². The van der Waals surface area contributed by atoms with E-state index < -0.39 is 10.0 Å². The van der Waals surface area contributed by atoms with Crippen LogP contribution in [-0.4, -0.2) is 36.5 Å². The molecule has 118 valence electrons. The Morgan fingerprint density at radius 2 is 2.00 bits per heavy atom. The number of aliphatic hydroxyl groups is 1. The molecule has 1 N–H and O–H groups in total. The molecule has 1 fully saturated rings. The lowest BCUT2D eigenvalue weighted by atomic mass is 10.1. The number of aliphatic hydroxyl groups excluding tert-OH is 1. The second-order valence-electron chi connectivity index (χ2n) is 5.56. The standard InChI is InChI=1S/C15H22ClNO3S/c1-2-4-14(18)6-3-5-13-11-17(13)21(19,20)15-9-7-12(16)8-10-15/h7-10,13-14,18H,2-6,11H2,1H3. The van der Waals surface area contributed by atoms with Gasteiger partial charge in [-0.2, -0.15) is 4.31 Å². The van der Waals surface area contributed by atoms with Gasteiger partial charge in [-0.25, -0.2) is 8.42 Å². The lowest BCUT2D eigenvalue weighted by Crippen LogP contribution is -2.15. The van der Waals surface area contributed by atoms with Gasteiger partial charge in [0.1, 0.15) is 0 Å². The van der Waals surface area contributed by atoms with Gasteiger partial charge in [-0.1, -0.05) is 24.9 Å². The number of hydrogen-bond acceptors (Lipinski definition) is 3. The first-order chi connectivity index (χ1) is 9.95. The molecule has 0 aliphatic carbocycles. The zero-order valence-corrected chi connectivity index (χ0v) is 13.8. The largest absolute Gasteiger partial charge is 0.393 e. The normalized spacial score (nSPS) is 23.0. The van der Waals surface area contributed by atoms with Gasteiger partial charge in [0.15, 0.2) is 0 Å². The Kier molecular flexibility index (Phi) is 5.66. The third-order valence-electron chi connectivity index (χ3n) is 3.78. The van der Waals surface area contributed by atoms with Crippen molar-refractivity contribution in [2.45, 2.75) is 56.1 Å². The molecule has 0 radical (unpaired) electrons. The Hall–Kier alpha value is -0.620. The van der Waals surface area contributed by atoms with Gasteiger partial charge in [-0.05, 0) is 49.9 Å². The Bertz CT molecular complexity index is 559. The third-order valence-corrected chi connectivity index (χ3v) is 5.97. The topological polar surface area (TPSA) is 57.4 Å². The Morgan fingerprint density at radius 1 is 1.33 bits per heavy atom. The van der Waals surface area contributed by atoms with E-state index in [0.29, 0.717) is 16.5 Å². The van der Waals surface area contributed by atoms with Crippen molar-refractivity contribution < 1.29 is 13.5 Å². The molecule has 4 nitrogen and oxygen atoms in total. The number of benzene rings is 1. The van der Waals surface area contributed by atoms with E-state index in [2.05, 4.69) is 0 Å². The highest BCUT2D eigenvalue weighted by Gasteiger charge is 2.43. The highest BCUT2D eigenvalue weighted by Crippen LogP contribution is 2.32. The highest BCUT2D eigenvalue weighted by molar-refractivity contribution is 7.89. The Morgan fingerprint density at radius 3 is 2.62 bits per heavy atom. The number of sulfonamides is 1. The number of nitrogens with zero attached hydrogens (tertiary/aromatic N) is 1. The molecule has 0 bridgehead atoms. The lowest BCUT2D eigenvalue weighted by molar-refractivity contribution is 0.150. The van der Waals surface area contributed by atoms with Gasteiger partial charge in [0.25, 0.3) is 0 Å². The monoisotopic (exact) mass is 331 g/mol. The fourth-order valence-corrected chi connectivity index (χ4v) is 4.24. The molecule has 0 amide bonds. The zero-order chi connectivity index (χ0) is 15.5. The molecule has 3 atom stereocenters. The quantitative estimate of drug-likeness (QED) is 0.745. The van der Waals surface area contributed by atoms with Gasteiger partial charge in [-0.15, -0.1) is 0 Å². The molecule has 6 heteroatoms. The fraction of sp³-hybridized carbons (Fsp3) is 0.600. The van der Waals surface area contributed by atoms with E-state index in [1.54, 1.807) is 12.1 Å². The molecule has 1 heterocycles. The van der Waals surface area contributed by atoms with Crippen LogP contribution in [0.25, 0.3) is 0 Å². The summed E-state index contributed by atoms with van der Waals surface area (Å²) in [4.78, 5) is 0.292. The summed E-state index contributed by atoms with van der Waals surface area (Å²) in [5, 5.41) is 10.2. The fourth-order valence-electron chi connectivity index (χ4n) is 2.50. The van der Waals surface area contributed by atoms with Crippen molar-refractivity contribution in [2.24, 2.45) is 0 Å². The average molecular weight is 332 g/mol. The molecule has 1 aromatic rings. The summed E-state index contributed by atoms with van der Waals surface area (Å²) in [6.45, 7) is 2.62. The summed E-state index contributed by atoms with van der Waals surface area (Å²) in [6.07, 6.45) is 3.96. The molecule has 0 aromatic heterocycles. The Balaban J connectivity index is 1.83. The smallest absolute Gasteiger partial charge is 0.243 e. The highest BCUT2D eigenvalue weighted by atomic mass is 35.5. The van der Waals surface area contributed by atoms with Crippen molar-refractivity contribution in [3.63, 3.8) is 0 Å².